The topological polar surface area (TPSA) is 55.1 Å². The Hall–Kier alpha value is -2.73. The van der Waals surface area contributed by atoms with E-state index in [9.17, 15) is 9.18 Å². The second-order valence-electron chi connectivity index (χ2n) is 4.75. The van der Waals surface area contributed by atoms with Crippen LogP contribution in [0.1, 0.15) is 10.5 Å². The summed E-state index contributed by atoms with van der Waals surface area (Å²) in [6, 6.07) is 14.0. The summed E-state index contributed by atoms with van der Waals surface area (Å²) in [7, 11) is 0. The van der Waals surface area contributed by atoms with Crippen LogP contribution in [0.25, 0.3) is 21.1 Å². The van der Waals surface area contributed by atoms with Gasteiger partial charge in [0.15, 0.2) is 11.3 Å². The first-order valence-corrected chi connectivity index (χ1v) is 7.38. The van der Waals surface area contributed by atoms with Gasteiger partial charge in [-0.1, -0.05) is 29.4 Å². The Bertz CT molecular complexity index is 973. The van der Waals surface area contributed by atoms with Crippen LogP contribution in [0, 0.1) is 5.82 Å². The molecular formula is C16H9FN2O2S. The Labute approximate surface area is 128 Å². The molecule has 0 fully saturated rings. The third kappa shape index (κ3) is 2.05. The predicted molar refractivity (Wildman–Crippen MR) is 83.7 cm³/mol. The molecule has 1 amide bonds. The average molecular weight is 312 g/mol. The molecule has 0 bridgehead atoms. The van der Waals surface area contributed by atoms with E-state index in [-0.39, 0.29) is 16.7 Å². The van der Waals surface area contributed by atoms with Gasteiger partial charge in [-0.3, -0.25) is 4.79 Å². The summed E-state index contributed by atoms with van der Waals surface area (Å²) < 4.78 is 19.9. The van der Waals surface area contributed by atoms with E-state index in [1.165, 1.54) is 23.5 Å². The zero-order chi connectivity index (χ0) is 15.1. The van der Waals surface area contributed by atoms with Crippen LogP contribution in [-0.4, -0.2) is 11.1 Å². The summed E-state index contributed by atoms with van der Waals surface area (Å²) in [6.07, 6.45) is 0. The number of carbonyl (C=O) groups excluding carboxylic acids is 1. The summed E-state index contributed by atoms with van der Waals surface area (Å²) >= 11 is 1.45. The molecule has 108 valence electrons. The van der Waals surface area contributed by atoms with Gasteiger partial charge >= 0.3 is 0 Å². The van der Waals surface area contributed by atoms with Crippen molar-refractivity contribution in [1.29, 1.82) is 0 Å². The Morgan fingerprint density at radius 3 is 2.91 bits per heavy atom. The minimum Gasteiger partial charge on any atom is -0.355 e. The highest BCUT2D eigenvalue weighted by molar-refractivity contribution is 7.23. The number of rotatable bonds is 2. The van der Waals surface area contributed by atoms with Crippen molar-refractivity contribution < 1.29 is 13.7 Å². The number of thiophene rings is 1. The van der Waals surface area contributed by atoms with Gasteiger partial charge in [0.2, 0.25) is 0 Å². The molecular weight excluding hydrogens is 303 g/mol. The van der Waals surface area contributed by atoms with E-state index in [0.29, 0.717) is 5.00 Å². The second-order valence-corrected chi connectivity index (χ2v) is 5.83. The maximum Gasteiger partial charge on any atom is 0.279 e. The number of anilines is 1. The quantitative estimate of drug-likeness (QED) is 0.595. The average Bonchev–Trinajstić information content (AvgIpc) is 3.10. The number of benzene rings is 2. The van der Waals surface area contributed by atoms with Crippen molar-refractivity contribution in [2.24, 2.45) is 0 Å². The van der Waals surface area contributed by atoms with Gasteiger partial charge in [-0.05, 0) is 29.7 Å². The molecule has 1 N–H and O–H groups in total. The molecule has 4 nitrogen and oxygen atoms in total. The zero-order valence-corrected chi connectivity index (χ0v) is 12.0. The molecule has 22 heavy (non-hydrogen) atoms. The highest BCUT2D eigenvalue weighted by atomic mass is 32.1. The summed E-state index contributed by atoms with van der Waals surface area (Å²) in [5.74, 6) is -1.02. The van der Waals surface area contributed by atoms with E-state index in [1.54, 1.807) is 6.07 Å². The fourth-order valence-corrected chi connectivity index (χ4v) is 3.28. The Morgan fingerprint density at radius 2 is 2.05 bits per heavy atom. The van der Waals surface area contributed by atoms with Crippen molar-refractivity contribution in [3.05, 3.63) is 60.0 Å². The molecule has 0 unspecified atom stereocenters. The van der Waals surface area contributed by atoms with Crippen LogP contribution in [-0.2, 0) is 0 Å². The first-order valence-electron chi connectivity index (χ1n) is 6.56. The maximum atomic E-state index is 13.9. The Kier molecular flexibility index (Phi) is 2.90. The van der Waals surface area contributed by atoms with E-state index in [1.807, 2.05) is 30.3 Å². The highest BCUT2D eigenvalue weighted by Gasteiger charge is 2.20. The molecule has 2 aromatic carbocycles. The van der Waals surface area contributed by atoms with Gasteiger partial charge in [-0.15, -0.1) is 11.3 Å². The molecule has 2 heterocycles. The normalized spacial score (nSPS) is 11.1. The van der Waals surface area contributed by atoms with Gasteiger partial charge in [-0.2, -0.15) is 0 Å². The van der Waals surface area contributed by atoms with Gasteiger partial charge in [0.25, 0.3) is 5.91 Å². The predicted octanol–water partition coefficient (Wildman–Crippen LogP) is 4.43. The SMILES string of the molecule is O=C(Nc1cc2ccccc2s1)c1noc2cccc(F)c12. The van der Waals surface area contributed by atoms with Crippen LogP contribution in [0.15, 0.2) is 53.1 Å². The summed E-state index contributed by atoms with van der Waals surface area (Å²) in [6.45, 7) is 0. The van der Waals surface area contributed by atoms with E-state index in [0.717, 1.165) is 10.1 Å². The van der Waals surface area contributed by atoms with E-state index >= 15 is 0 Å². The third-order valence-electron chi connectivity index (χ3n) is 3.32. The van der Waals surface area contributed by atoms with Crippen LogP contribution >= 0.6 is 11.3 Å². The molecule has 2 aromatic heterocycles. The van der Waals surface area contributed by atoms with Gasteiger partial charge in [0, 0.05) is 4.70 Å². The fourth-order valence-electron chi connectivity index (χ4n) is 2.32. The Balaban J connectivity index is 1.71. The molecule has 6 heteroatoms. The summed E-state index contributed by atoms with van der Waals surface area (Å²) in [5, 5.41) is 8.25. The third-order valence-corrected chi connectivity index (χ3v) is 4.36. The molecule has 0 aliphatic heterocycles. The lowest BCUT2D eigenvalue weighted by Crippen LogP contribution is -2.11. The summed E-state index contributed by atoms with van der Waals surface area (Å²) in [5.41, 5.74) is 0.201. The molecule has 0 radical (unpaired) electrons. The molecule has 0 saturated heterocycles. The molecule has 4 aromatic rings. The smallest absolute Gasteiger partial charge is 0.279 e. The lowest BCUT2D eigenvalue weighted by atomic mass is 10.2. The van der Waals surface area contributed by atoms with Crippen molar-refractivity contribution >= 4 is 43.3 Å². The number of fused-ring (bicyclic) bond motifs is 2. The zero-order valence-electron chi connectivity index (χ0n) is 11.2. The minimum atomic E-state index is -0.528. The number of hydrogen-bond acceptors (Lipinski definition) is 4. The van der Waals surface area contributed by atoms with Gasteiger partial charge < -0.3 is 9.84 Å². The van der Waals surface area contributed by atoms with Crippen molar-refractivity contribution in [2.75, 3.05) is 5.32 Å². The van der Waals surface area contributed by atoms with Crippen LogP contribution < -0.4 is 5.32 Å². The van der Waals surface area contributed by atoms with E-state index in [4.69, 9.17) is 4.52 Å². The minimum absolute atomic E-state index is 0.0504. The molecule has 0 saturated carbocycles. The second kappa shape index (κ2) is 4.92. The lowest BCUT2D eigenvalue weighted by molar-refractivity contribution is 0.102. The molecule has 0 spiro atoms. The highest BCUT2D eigenvalue weighted by Crippen LogP contribution is 2.30. The van der Waals surface area contributed by atoms with Gasteiger partial charge in [0.1, 0.15) is 5.82 Å². The lowest BCUT2D eigenvalue weighted by Gasteiger charge is -1.99. The number of aromatic nitrogens is 1. The van der Waals surface area contributed by atoms with Crippen molar-refractivity contribution in [1.82, 2.24) is 5.16 Å². The van der Waals surface area contributed by atoms with Crippen molar-refractivity contribution in [3.8, 4) is 0 Å². The number of hydrogen-bond donors (Lipinski definition) is 1. The fraction of sp³-hybridized carbons (Fsp3) is 0. The van der Waals surface area contributed by atoms with Gasteiger partial charge in [0.05, 0.1) is 10.4 Å². The number of halogens is 1. The first-order chi connectivity index (χ1) is 10.7. The Morgan fingerprint density at radius 1 is 1.18 bits per heavy atom. The van der Waals surface area contributed by atoms with E-state index < -0.39 is 11.7 Å². The van der Waals surface area contributed by atoms with Crippen LogP contribution in [0.4, 0.5) is 9.39 Å². The number of amides is 1. The van der Waals surface area contributed by atoms with E-state index in [2.05, 4.69) is 10.5 Å². The molecule has 4 rings (SSSR count). The van der Waals surface area contributed by atoms with Crippen LogP contribution in [0.5, 0.6) is 0 Å². The number of nitrogens with zero attached hydrogens (tertiary/aromatic N) is 1. The number of nitrogens with one attached hydrogen (secondary N) is 1. The maximum absolute atomic E-state index is 13.9. The largest absolute Gasteiger partial charge is 0.355 e. The van der Waals surface area contributed by atoms with Crippen molar-refractivity contribution in [3.63, 3.8) is 0 Å². The standard InChI is InChI=1S/C16H9FN2O2S/c17-10-5-3-6-11-14(10)15(19-21-11)16(20)18-13-8-9-4-1-2-7-12(9)22-13/h1-8H,(H,18,20). The van der Waals surface area contributed by atoms with Crippen molar-refractivity contribution in [2.45, 2.75) is 0 Å². The number of carbonyl (C=O) groups is 1. The monoisotopic (exact) mass is 312 g/mol. The molecule has 0 aliphatic carbocycles. The molecule has 0 atom stereocenters. The van der Waals surface area contributed by atoms with Crippen LogP contribution in [0.2, 0.25) is 0 Å². The van der Waals surface area contributed by atoms with Crippen LogP contribution in [0.3, 0.4) is 0 Å². The summed E-state index contributed by atoms with van der Waals surface area (Å²) in [4.78, 5) is 12.3. The first kappa shape index (κ1) is 13.0. The molecule has 0 aliphatic rings. The van der Waals surface area contributed by atoms with Gasteiger partial charge in [-0.25, -0.2) is 4.39 Å².